The molecule has 3 nitrogen and oxygen atoms in total. The minimum absolute atomic E-state index is 0.0111. The predicted octanol–water partition coefficient (Wildman–Crippen LogP) is 4.80. The highest BCUT2D eigenvalue weighted by Gasteiger charge is 2.10. The van der Waals surface area contributed by atoms with Crippen LogP contribution in [0.4, 0.5) is 5.69 Å². The lowest BCUT2D eigenvalue weighted by Crippen LogP contribution is -2.14. The number of ketones is 1. The maximum atomic E-state index is 12.2. The molecule has 0 aliphatic rings. The number of para-hydroxylation sites is 1. The van der Waals surface area contributed by atoms with E-state index in [-0.39, 0.29) is 24.5 Å². The largest absolute Gasteiger partial charge is 0.326 e. The first kappa shape index (κ1) is 17.9. The number of amides is 1. The normalized spacial score (nSPS) is 10.4. The van der Waals surface area contributed by atoms with Crippen LogP contribution >= 0.6 is 0 Å². The van der Waals surface area contributed by atoms with Crippen molar-refractivity contribution in [2.45, 2.75) is 46.0 Å². The van der Waals surface area contributed by atoms with E-state index >= 15 is 0 Å². The molecule has 0 unspecified atom stereocenters. The van der Waals surface area contributed by atoms with Gasteiger partial charge < -0.3 is 5.32 Å². The molecule has 126 valence electrons. The molecule has 0 heterocycles. The topological polar surface area (TPSA) is 46.2 Å². The first-order valence-electron chi connectivity index (χ1n) is 8.64. The fraction of sp³-hybridized carbons (Fsp3) is 0.333. The quantitative estimate of drug-likeness (QED) is 0.709. The van der Waals surface area contributed by atoms with Gasteiger partial charge in [0.1, 0.15) is 0 Å². The number of benzene rings is 2. The molecule has 2 aromatic carbocycles. The van der Waals surface area contributed by atoms with Crippen LogP contribution in [0.2, 0.25) is 0 Å². The van der Waals surface area contributed by atoms with Gasteiger partial charge in [-0.1, -0.05) is 62.7 Å². The minimum atomic E-state index is -0.119. The molecule has 0 aliphatic carbocycles. The van der Waals surface area contributed by atoms with E-state index in [1.807, 2.05) is 48.5 Å². The fourth-order valence-corrected chi connectivity index (χ4v) is 2.68. The molecular weight excluding hydrogens is 298 g/mol. The summed E-state index contributed by atoms with van der Waals surface area (Å²) in [6.45, 7) is 4.19. The molecular formula is C21H25NO2. The van der Waals surface area contributed by atoms with E-state index < -0.39 is 0 Å². The maximum Gasteiger partial charge on any atom is 0.224 e. The Bertz CT molecular complexity index is 689. The zero-order valence-corrected chi connectivity index (χ0v) is 14.5. The average Bonchev–Trinajstić information content (AvgIpc) is 2.61. The third-order valence-corrected chi connectivity index (χ3v) is 4.07. The molecule has 0 bridgehead atoms. The lowest BCUT2D eigenvalue weighted by Gasteiger charge is -2.09. The van der Waals surface area contributed by atoms with Crippen LogP contribution in [0.15, 0.2) is 48.5 Å². The smallest absolute Gasteiger partial charge is 0.224 e. The second kappa shape index (κ2) is 9.02. The van der Waals surface area contributed by atoms with Gasteiger partial charge in [0.15, 0.2) is 5.78 Å². The molecule has 1 N–H and O–H groups in total. The number of rotatable bonds is 8. The zero-order valence-electron chi connectivity index (χ0n) is 14.5. The number of carbonyl (C=O) groups is 2. The Kier molecular flexibility index (Phi) is 6.74. The van der Waals surface area contributed by atoms with Crippen LogP contribution in [-0.2, 0) is 17.6 Å². The maximum absolute atomic E-state index is 12.2. The van der Waals surface area contributed by atoms with Gasteiger partial charge in [-0.2, -0.15) is 0 Å². The zero-order chi connectivity index (χ0) is 17.4. The number of hydrogen-bond acceptors (Lipinski definition) is 2. The first-order chi connectivity index (χ1) is 11.6. The fourth-order valence-electron chi connectivity index (χ4n) is 2.68. The monoisotopic (exact) mass is 323 g/mol. The molecule has 0 radical (unpaired) electrons. The van der Waals surface area contributed by atoms with E-state index in [0.717, 1.165) is 30.5 Å². The Balaban J connectivity index is 1.87. The Labute approximate surface area is 144 Å². The van der Waals surface area contributed by atoms with Crippen molar-refractivity contribution in [3.63, 3.8) is 0 Å². The highest BCUT2D eigenvalue weighted by Crippen LogP contribution is 2.16. The standard InChI is InChI=1S/C21H25NO2/c1-3-7-16-10-12-18(13-11-16)20(23)14-15-21(24)22-19-9-6-5-8-17(19)4-2/h5-6,8-13H,3-4,7,14-15H2,1-2H3,(H,22,24). The van der Waals surface area contributed by atoms with E-state index in [2.05, 4.69) is 19.2 Å². The number of anilines is 1. The Morgan fingerprint density at radius 3 is 2.29 bits per heavy atom. The van der Waals surface area contributed by atoms with Crippen molar-refractivity contribution in [2.24, 2.45) is 0 Å². The van der Waals surface area contributed by atoms with Crippen molar-refractivity contribution in [2.75, 3.05) is 5.32 Å². The number of nitrogens with one attached hydrogen (secondary N) is 1. The Morgan fingerprint density at radius 1 is 0.917 bits per heavy atom. The number of aryl methyl sites for hydroxylation is 2. The molecule has 0 saturated heterocycles. The van der Waals surface area contributed by atoms with Crippen molar-refractivity contribution in [3.8, 4) is 0 Å². The summed E-state index contributed by atoms with van der Waals surface area (Å²) in [4.78, 5) is 24.3. The second-order valence-corrected chi connectivity index (χ2v) is 5.93. The van der Waals surface area contributed by atoms with Crippen LogP contribution in [-0.4, -0.2) is 11.7 Å². The SMILES string of the molecule is CCCc1ccc(C(=O)CCC(=O)Nc2ccccc2CC)cc1. The van der Waals surface area contributed by atoms with Gasteiger partial charge in [-0.15, -0.1) is 0 Å². The molecule has 0 aliphatic heterocycles. The summed E-state index contributed by atoms with van der Waals surface area (Å²) in [7, 11) is 0. The third kappa shape index (κ3) is 5.05. The molecule has 0 fully saturated rings. The van der Waals surface area contributed by atoms with Crippen molar-refractivity contribution in [1.29, 1.82) is 0 Å². The third-order valence-electron chi connectivity index (χ3n) is 4.07. The minimum Gasteiger partial charge on any atom is -0.326 e. The number of carbonyl (C=O) groups excluding carboxylic acids is 2. The van der Waals surface area contributed by atoms with Gasteiger partial charge >= 0.3 is 0 Å². The van der Waals surface area contributed by atoms with Crippen molar-refractivity contribution < 1.29 is 9.59 Å². The Morgan fingerprint density at radius 2 is 1.62 bits per heavy atom. The van der Waals surface area contributed by atoms with Crippen molar-refractivity contribution in [3.05, 3.63) is 65.2 Å². The molecule has 0 spiro atoms. The summed E-state index contributed by atoms with van der Waals surface area (Å²) in [5, 5.41) is 2.90. The molecule has 3 heteroatoms. The number of Topliss-reactive ketones (excluding diaryl/α,β-unsaturated/α-hetero) is 1. The van der Waals surface area contributed by atoms with Crippen LogP contribution in [0.3, 0.4) is 0 Å². The van der Waals surface area contributed by atoms with Crippen molar-refractivity contribution in [1.82, 2.24) is 0 Å². The first-order valence-corrected chi connectivity index (χ1v) is 8.64. The predicted molar refractivity (Wildman–Crippen MR) is 98.5 cm³/mol. The molecule has 0 atom stereocenters. The second-order valence-electron chi connectivity index (χ2n) is 5.93. The van der Waals surface area contributed by atoms with Gasteiger partial charge in [0, 0.05) is 24.1 Å². The van der Waals surface area contributed by atoms with Crippen LogP contribution in [0.5, 0.6) is 0 Å². The molecule has 24 heavy (non-hydrogen) atoms. The lowest BCUT2D eigenvalue weighted by atomic mass is 10.0. The van der Waals surface area contributed by atoms with E-state index in [1.54, 1.807) is 0 Å². The molecule has 2 rings (SSSR count). The Hall–Kier alpha value is -2.42. The summed E-state index contributed by atoms with van der Waals surface area (Å²) in [5.41, 5.74) is 3.85. The lowest BCUT2D eigenvalue weighted by molar-refractivity contribution is -0.116. The van der Waals surface area contributed by atoms with E-state index in [9.17, 15) is 9.59 Å². The average molecular weight is 323 g/mol. The molecule has 0 aromatic heterocycles. The molecule has 0 saturated carbocycles. The summed E-state index contributed by atoms with van der Waals surface area (Å²) < 4.78 is 0. The van der Waals surface area contributed by atoms with Gasteiger partial charge in [0.2, 0.25) is 5.91 Å². The van der Waals surface area contributed by atoms with Crippen LogP contribution in [0, 0.1) is 0 Å². The van der Waals surface area contributed by atoms with E-state index in [0.29, 0.717) is 5.56 Å². The summed E-state index contributed by atoms with van der Waals surface area (Å²) in [6, 6.07) is 15.5. The van der Waals surface area contributed by atoms with Gasteiger partial charge in [-0.05, 0) is 30.0 Å². The van der Waals surface area contributed by atoms with Crippen LogP contribution in [0.1, 0.15) is 54.6 Å². The highest BCUT2D eigenvalue weighted by molar-refractivity contribution is 6.00. The van der Waals surface area contributed by atoms with E-state index in [1.165, 1.54) is 5.56 Å². The van der Waals surface area contributed by atoms with Crippen molar-refractivity contribution >= 4 is 17.4 Å². The molecule has 1 amide bonds. The van der Waals surface area contributed by atoms with E-state index in [4.69, 9.17) is 0 Å². The molecule has 2 aromatic rings. The summed E-state index contributed by atoms with van der Waals surface area (Å²) in [6.07, 6.45) is 3.40. The highest BCUT2D eigenvalue weighted by atomic mass is 16.2. The van der Waals surface area contributed by atoms with Crippen LogP contribution in [0.25, 0.3) is 0 Å². The van der Waals surface area contributed by atoms with Gasteiger partial charge in [0.25, 0.3) is 0 Å². The summed E-state index contributed by atoms with van der Waals surface area (Å²) >= 11 is 0. The van der Waals surface area contributed by atoms with Gasteiger partial charge in [0.05, 0.1) is 0 Å². The van der Waals surface area contributed by atoms with Gasteiger partial charge in [-0.25, -0.2) is 0 Å². The number of hydrogen-bond donors (Lipinski definition) is 1. The summed E-state index contributed by atoms with van der Waals surface area (Å²) in [5.74, 6) is -0.108. The van der Waals surface area contributed by atoms with Crippen LogP contribution < -0.4 is 5.32 Å². The van der Waals surface area contributed by atoms with Gasteiger partial charge in [-0.3, -0.25) is 9.59 Å².